The van der Waals surface area contributed by atoms with Crippen molar-refractivity contribution >= 4 is 5.78 Å². The van der Waals surface area contributed by atoms with Crippen LogP contribution in [0.4, 0.5) is 13.2 Å². The quantitative estimate of drug-likeness (QED) is 0.692. The molecule has 0 heterocycles. The first kappa shape index (κ1) is 12.4. The summed E-state index contributed by atoms with van der Waals surface area (Å²) in [6.07, 6.45) is -5.89. The maximum absolute atomic E-state index is 11.7. The second kappa shape index (κ2) is 4.09. The second-order valence-electron chi connectivity index (χ2n) is 3.25. The molecular formula is C8H13F3O2. The molecule has 0 aliphatic carbocycles. The number of alkyl halides is 3. The van der Waals surface area contributed by atoms with Crippen LogP contribution in [0.5, 0.6) is 0 Å². The standard InChI is InChI=1S/C8H13F3O2/c1-7(2,13-3)6(12)4-5-8(9,10)11/h4-5H2,1-3H3. The monoisotopic (exact) mass is 198 g/mol. The Morgan fingerprint density at radius 3 is 2.08 bits per heavy atom. The van der Waals surface area contributed by atoms with Gasteiger partial charge in [-0.3, -0.25) is 4.79 Å². The maximum Gasteiger partial charge on any atom is 0.389 e. The number of hydrogen-bond acceptors (Lipinski definition) is 2. The number of ketones is 1. The highest BCUT2D eigenvalue weighted by molar-refractivity contribution is 5.86. The van der Waals surface area contributed by atoms with Crippen molar-refractivity contribution in [3.63, 3.8) is 0 Å². The Bertz CT molecular complexity index is 184. The molecule has 0 amide bonds. The molecule has 0 aliphatic rings. The summed E-state index contributed by atoms with van der Waals surface area (Å²) >= 11 is 0. The molecule has 0 aromatic rings. The van der Waals surface area contributed by atoms with E-state index < -0.39 is 30.4 Å². The molecule has 0 rings (SSSR count). The van der Waals surface area contributed by atoms with Gasteiger partial charge < -0.3 is 4.74 Å². The average Bonchev–Trinajstić information content (AvgIpc) is 1.98. The van der Waals surface area contributed by atoms with Gasteiger partial charge in [-0.05, 0) is 13.8 Å². The van der Waals surface area contributed by atoms with Crippen LogP contribution >= 0.6 is 0 Å². The molecule has 13 heavy (non-hydrogen) atoms. The van der Waals surface area contributed by atoms with Crippen molar-refractivity contribution in [1.29, 1.82) is 0 Å². The van der Waals surface area contributed by atoms with E-state index in [1.165, 1.54) is 21.0 Å². The smallest absolute Gasteiger partial charge is 0.371 e. The van der Waals surface area contributed by atoms with Crippen molar-refractivity contribution in [3.8, 4) is 0 Å². The summed E-state index contributed by atoms with van der Waals surface area (Å²) in [5.41, 5.74) is -1.12. The zero-order valence-corrected chi connectivity index (χ0v) is 7.86. The third-order valence-corrected chi connectivity index (χ3v) is 1.82. The molecule has 0 spiro atoms. The Balaban J connectivity index is 4.03. The van der Waals surface area contributed by atoms with Crippen LogP contribution in [-0.2, 0) is 9.53 Å². The van der Waals surface area contributed by atoms with Gasteiger partial charge in [-0.15, -0.1) is 0 Å². The number of Topliss-reactive ketones (excluding diaryl/α,β-unsaturated/α-hetero) is 1. The highest BCUT2D eigenvalue weighted by Gasteiger charge is 2.33. The van der Waals surface area contributed by atoms with Crippen LogP contribution in [0, 0.1) is 0 Å². The van der Waals surface area contributed by atoms with Gasteiger partial charge in [0, 0.05) is 13.5 Å². The van der Waals surface area contributed by atoms with E-state index in [4.69, 9.17) is 4.74 Å². The lowest BCUT2D eigenvalue weighted by Crippen LogP contribution is -2.34. The molecular weight excluding hydrogens is 185 g/mol. The lowest BCUT2D eigenvalue weighted by atomic mass is 9.99. The number of ether oxygens (including phenoxy) is 1. The van der Waals surface area contributed by atoms with E-state index >= 15 is 0 Å². The van der Waals surface area contributed by atoms with Crippen LogP contribution in [0.3, 0.4) is 0 Å². The van der Waals surface area contributed by atoms with E-state index in [9.17, 15) is 18.0 Å². The van der Waals surface area contributed by atoms with Gasteiger partial charge in [0.15, 0.2) is 5.78 Å². The number of hydrogen-bond donors (Lipinski definition) is 0. The minimum atomic E-state index is -4.28. The summed E-state index contributed by atoms with van der Waals surface area (Å²) in [6.45, 7) is 2.90. The minimum Gasteiger partial charge on any atom is -0.371 e. The van der Waals surface area contributed by atoms with Gasteiger partial charge >= 0.3 is 6.18 Å². The van der Waals surface area contributed by atoms with Gasteiger partial charge in [-0.1, -0.05) is 0 Å². The Kier molecular flexibility index (Phi) is 3.90. The van der Waals surface area contributed by atoms with Crippen LogP contribution in [0.1, 0.15) is 26.7 Å². The number of halogens is 3. The molecule has 0 aliphatic heterocycles. The van der Waals surface area contributed by atoms with Crippen molar-refractivity contribution < 1.29 is 22.7 Å². The Labute approximate surface area is 75.1 Å². The van der Waals surface area contributed by atoms with Crippen molar-refractivity contribution in [1.82, 2.24) is 0 Å². The summed E-state index contributed by atoms with van der Waals surface area (Å²) < 4.78 is 39.9. The molecule has 78 valence electrons. The number of methoxy groups -OCH3 is 1. The van der Waals surface area contributed by atoms with Gasteiger partial charge in [0.25, 0.3) is 0 Å². The fourth-order valence-corrected chi connectivity index (χ4v) is 0.670. The largest absolute Gasteiger partial charge is 0.389 e. The third kappa shape index (κ3) is 4.87. The van der Waals surface area contributed by atoms with Gasteiger partial charge in [-0.2, -0.15) is 13.2 Å². The van der Waals surface area contributed by atoms with Crippen LogP contribution in [0.15, 0.2) is 0 Å². The first-order valence-electron chi connectivity index (χ1n) is 3.84. The molecule has 5 heteroatoms. The summed E-state index contributed by atoms with van der Waals surface area (Å²) in [5.74, 6) is -0.535. The third-order valence-electron chi connectivity index (χ3n) is 1.82. The molecule has 0 saturated heterocycles. The molecule has 0 atom stereocenters. The summed E-state index contributed by atoms with van der Waals surface area (Å²) in [7, 11) is 1.30. The molecule has 0 unspecified atom stereocenters. The lowest BCUT2D eigenvalue weighted by Gasteiger charge is -2.21. The van der Waals surface area contributed by atoms with Crippen LogP contribution in [0.25, 0.3) is 0 Å². The second-order valence-corrected chi connectivity index (χ2v) is 3.25. The average molecular weight is 198 g/mol. The first-order chi connectivity index (χ1) is 5.69. The molecule has 0 fully saturated rings. The molecule has 0 radical (unpaired) electrons. The van der Waals surface area contributed by atoms with Crippen LogP contribution in [0.2, 0.25) is 0 Å². The molecule has 0 aromatic heterocycles. The van der Waals surface area contributed by atoms with Gasteiger partial charge in [-0.25, -0.2) is 0 Å². The normalized spacial score (nSPS) is 13.1. The Morgan fingerprint density at radius 2 is 1.77 bits per heavy atom. The topological polar surface area (TPSA) is 26.3 Å². The van der Waals surface area contributed by atoms with E-state index in [1.807, 2.05) is 0 Å². The van der Waals surface area contributed by atoms with E-state index in [2.05, 4.69) is 0 Å². The minimum absolute atomic E-state index is 0.523. The van der Waals surface area contributed by atoms with Gasteiger partial charge in [0.05, 0.1) is 6.42 Å². The zero-order chi connectivity index (χ0) is 10.7. The van der Waals surface area contributed by atoms with E-state index in [0.29, 0.717) is 0 Å². The fraction of sp³-hybridized carbons (Fsp3) is 0.875. The zero-order valence-electron chi connectivity index (χ0n) is 7.86. The molecule has 2 nitrogen and oxygen atoms in total. The van der Waals surface area contributed by atoms with Crippen molar-refractivity contribution in [2.24, 2.45) is 0 Å². The number of carbonyl (C=O) groups excluding carboxylic acids is 1. The van der Waals surface area contributed by atoms with Crippen LogP contribution in [-0.4, -0.2) is 24.7 Å². The molecule has 0 saturated carbocycles. The predicted molar refractivity (Wildman–Crippen MR) is 41.4 cm³/mol. The Morgan fingerprint density at radius 1 is 1.31 bits per heavy atom. The van der Waals surface area contributed by atoms with E-state index in [-0.39, 0.29) is 0 Å². The van der Waals surface area contributed by atoms with Gasteiger partial charge in [0.1, 0.15) is 5.60 Å². The fourth-order valence-electron chi connectivity index (χ4n) is 0.670. The van der Waals surface area contributed by atoms with Crippen LogP contribution < -0.4 is 0 Å². The summed E-state index contributed by atoms with van der Waals surface area (Å²) in [4.78, 5) is 11.1. The molecule has 0 N–H and O–H groups in total. The molecule has 0 aromatic carbocycles. The van der Waals surface area contributed by atoms with E-state index in [1.54, 1.807) is 0 Å². The molecule has 0 bridgehead atoms. The van der Waals surface area contributed by atoms with Gasteiger partial charge in [0.2, 0.25) is 0 Å². The van der Waals surface area contributed by atoms with Crippen molar-refractivity contribution in [3.05, 3.63) is 0 Å². The van der Waals surface area contributed by atoms with Crippen molar-refractivity contribution in [2.45, 2.75) is 38.5 Å². The summed E-state index contributed by atoms with van der Waals surface area (Å²) in [6, 6.07) is 0. The maximum atomic E-state index is 11.7. The van der Waals surface area contributed by atoms with Crippen molar-refractivity contribution in [2.75, 3.05) is 7.11 Å². The first-order valence-corrected chi connectivity index (χ1v) is 3.84. The highest BCUT2D eigenvalue weighted by Crippen LogP contribution is 2.23. The van der Waals surface area contributed by atoms with E-state index in [0.717, 1.165) is 0 Å². The summed E-state index contributed by atoms with van der Waals surface area (Å²) in [5, 5.41) is 0. The predicted octanol–water partition coefficient (Wildman–Crippen LogP) is 2.32. The highest BCUT2D eigenvalue weighted by atomic mass is 19.4. The number of carbonyl (C=O) groups is 1. The lowest BCUT2D eigenvalue weighted by molar-refractivity contribution is -0.152. The SMILES string of the molecule is COC(C)(C)C(=O)CCC(F)(F)F. The Hall–Kier alpha value is -0.580. The number of rotatable bonds is 4.